The van der Waals surface area contributed by atoms with E-state index in [0.29, 0.717) is 5.16 Å². The van der Waals surface area contributed by atoms with Crippen molar-refractivity contribution < 1.29 is 4.79 Å². The van der Waals surface area contributed by atoms with Crippen LogP contribution in [0.3, 0.4) is 0 Å². The van der Waals surface area contributed by atoms with Crippen molar-refractivity contribution in [2.24, 2.45) is 0 Å². The number of aryl methyl sites for hydroxylation is 1. The van der Waals surface area contributed by atoms with Crippen LogP contribution in [-0.2, 0) is 4.79 Å². The Morgan fingerprint density at radius 3 is 2.26 bits per heavy atom. The third-order valence-electron chi connectivity index (χ3n) is 5.55. The molecule has 5 nitrogen and oxygen atoms in total. The number of imidazole rings is 1. The molecule has 2 aromatic heterocycles. The summed E-state index contributed by atoms with van der Waals surface area (Å²) in [5.41, 5.74) is 6.39. The number of aromatic amines is 1. The predicted octanol–water partition coefficient (Wildman–Crippen LogP) is 6.72. The van der Waals surface area contributed by atoms with E-state index in [-0.39, 0.29) is 11.2 Å². The average molecular weight is 465 g/mol. The van der Waals surface area contributed by atoms with Gasteiger partial charge in [0.05, 0.1) is 27.8 Å². The van der Waals surface area contributed by atoms with E-state index in [1.54, 1.807) is 0 Å². The molecule has 0 aliphatic rings. The van der Waals surface area contributed by atoms with Gasteiger partial charge in [0.15, 0.2) is 5.16 Å². The van der Waals surface area contributed by atoms with Gasteiger partial charge in [0.1, 0.15) is 0 Å². The second-order valence-electron chi connectivity index (χ2n) is 8.08. The number of fused-ring (bicyclic) bond motifs is 1. The van der Waals surface area contributed by atoms with E-state index in [9.17, 15) is 4.79 Å². The quantitative estimate of drug-likeness (QED) is 0.274. The molecule has 1 unspecified atom stereocenters. The minimum atomic E-state index is -0.356. The second-order valence-corrected chi connectivity index (χ2v) is 9.40. The molecular weight excluding hydrogens is 440 g/mol. The van der Waals surface area contributed by atoms with Gasteiger partial charge in [-0.25, -0.2) is 4.98 Å². The lowest BCUT2D eigenvalue weighted by molar-refractivity contribution is -0.115. The van der Waals surface area contributed by atoms with E-state index >= 15 is 0 Å². The number of carbonyl (C=O) groups is 1. The number of nitrogens with zero attached hydrogens (tertiary/aromatic N) is 2. The molecule has 0 aliphatic heterocycles. The van der Waals surface area contributed by atoms with Crippen LogP contribution in [0.15, 0.2) is 96.2 Å². The minimum absolute atomic E-state index is 0.0836. The van der Waals surface area contributed by atoms with Crippen LogP contribution in [0.4, 0.5) is 5.69 Å². The van der Waals surface area contributed by atoms with Gasteiger partial charge < -0.3 is 10.3 Å². The Hall–Kier alpha value is -3.90. The van der Waals surface area contributed by atoms with E-state index in [1.807, 2.05) is 92.7 Å². The highest BCUT2D eigenvalue weighted by atomic mass is 32.2. The first-order chi connectivity index (χ1) is 16.6. The summed E-state index contributed by atoms with van der Waals surface area (Å²) in [5.74, 6) is -0.0836. The van der Waals surface area contributed by atoms with Gasteiger partial charge in [-0.3, -0.25) is 9.78 Å². The van der Waals surface area contributed by atoms with Crippen LogP contribution in [-0.4, -0.2) is 26.1 Å². The second kappa shape index (κ2) is 9.53. The predicted molar refractivity (Wildman–Crippen MR) is 140 cm³/mol. The molecule has 0 spiro atoms. The Morgan fingerprint density at radius 2 is 1.53 bits per heavy atom. The topological polar surface area (TPSA) is 70.7 Å². The molecule has 0 bridgehead atoms. The number of aromatic nitrogens is 3. The van der Waals surface area contributed by atoms with Crippen LogP contribution in [0.5, 0.6) is 0 Å². The van der Waals surface area contributed by atoms with Gasteiger partial charge in [0, 0.05) is 22.2 Å². The maximum Gasteiger partial charge on any atom is 0.237 e. The van der Waals surface area contributed by atoms with Gasteiger partial charge in [0.25, 0.3) is 0 Å². The summed E-state index contributed by atoms with van der Waals surface area (Å²) in [4.78, 5) is 26.0. The highest BCUT2D eigenvalue weighted by Crippen LogP contribution is 2.34. The molecule has 168 valence electrons. The summed E-state index contributed by atoms with van der Waals surface area (Å²) >= 11 is 1.41. The van der Waals surface area contributed by atoms with Crippen LogP contribution in [0, 0.1) is 6.92 Å². The number of benzene rings is 3. The number of rotatable bonds is 6. The first-order valence-electron chi connectivity index (χ1n) is 11.1. The van der Waals surface area contributed by atoms with Crippen molar-refractivity contribution in [2.75, 3.05) is 5.32 Å². The Bertz CT molecular complexity index is 1390. The molecule has 5 aromatic rings. The molecule has 0 radical (unpaired) electrons. The molecule has 34 heavy (non-hydrogen) atoms. The van der Waals surface area contributed by atoms with Crippen molar-refractivity contribution in [1.82, 2.24) is 15.0 Å². The number of hydrogen-bond acceptors (Lipinski definition) is 4. The van der Waals surface area contributed by atoms with Crippen molar-refractivity contribution in [3.63, 3.8) is 0 Å². The number of anilines is 1. The summed E-state index contributed by atoms with van der Waals surface area (Å²) < 4.78 is 0. The third-order valence-corrected chi connectivity index (χ3v) is 6.54. The maximum atomic E-state index is 13.1. The summed E-state index contributed by atoms with van der Waals surface area (Å²) in [7, 11) is 0. The molecule has 5 rings (SSSR count). The number of carbonyl (C=O) groups excluding carboxylic acids is 1. The molecule has 2 N–H and O–H groups in total. The summed E-state index contributed by atoms with van der Waals surface area (Å²) in [6, 6.07) is 29.9. The highest BCUT2D eigenvalue weighted by molar-refractivity contribution is 8.00. The number of para-hydroxylation sites is 1. The Balaban J connectivity index is 1.41. The van der Waals surface area contributed by atoms with Gasteiger partial charge >= 0.3 is 0 Å². The van der Waals surface area contributed by atoms with E-state index in [1.165, 1.54) is 11.8 Å². The molecule has 2 heterocycles. The molecule has 1 amide bonds. The largest absolute Gasteiger partial charge is 0.332 e. The van der Waals surface area contributed by atoms with Crippen molar-refractivity contribution >= 4 is 34.3 Å². The van der Waals surface area contributed by atoms with Crippen LogP contribution in [0.2, 0.25) is 0 Å². The fraction of sp³-hybridized carbons (Fsp3) is 0.107. The van der Waals surface area contributed by atoms with Gasteiger partial charge in [-0.2, -0.15) is 0 Å². The zero-order chi connectivity index (χ0) is 23.5. The normalized spacial score (nSPS) is 11.9. The van der Waals surface area contributed by atoms with Crippen LogP contribution >= 0.6 is 11.8 Å². The third kappa shape index (κ3) is 4.58. The van der Waals surface area contributed by atoms with Gasteiger partial charge in [-0.05, 0) is 26.0 Å². The average Bonchev–Trinajstić information content (AvgIpc) is 3.28. The van der Waals surface area contributed by atoms with Crippen molar-refractivity contribution in [1.29, 1.82) is 0 Å². The van der Waals surface area contributed by atoms with E-state index in [2.05, 4.69) is 27.4 Å². The molecule has 0 saturated heterocycles. The first-order valence-corrected chi connectivity index (χ1v) is 12.0. The standard InChI is InChI=1S/C28H24N4OS/c1-18-17-24(22-15-9-10-16-23(22)29-18)30-27(33)19(2)34-28-31-25(20-11-5-3-6-12-20)26(32-28)21-13-7-4-8-14-21/h3-17,19H,1-2H3,(H,31,32)(H,29,30,33). The smallest absolute Gasteiger partial charge is 0.237 e. The summed E-state index contributed by atoms with van der Waals surface area (Å²) in [5, 5.41) is 4.36. The van der Waals surface area contributed by atoms with Crippen LogP contribution < -0.4 is 5.32 Å². The molecule has 0 saturated carbocycles. The monoisotopic (exact) mass is 464 g/mol. The van der Waals surface area contributed by atoms with Crippen LogP contribution in [0.1, 0.15) is 12.6 Å². The zero-order valence-electron chi connectivity index (χ0n) is 18.9. The van der Waals surface area contributed by atoms with Gasteiger partial charge in [-0.1, -0.05) is 90.6 Å². The first kappa shape index (κ1) is 21.9. The molecule has 1 atom stereocenters. The number of nitrogens with one attached hydrogen (secondary N) is 2. The van der Waals surface area contributed by atoms with Gasteiger partial charge in [0.2, 0.25) is 5.91 Å². The SMILES string of the molecule is Cc1cc(NC(=O)C(C)Sc2nc(-c3ccccc3)c(-c3ccccc3)[nH]2)c2ccccc2n1. The Morgan fingerprint density at radius 1 is 0.882 bits per heavy atom. The molecule has 3 aromatic carbocycles. The van der Waals surface area contributed by atoms with Crippen molar-refractivity contribution in [3.05, 3.63) is 96.7 Å². The summed E-state index contributed by atoms with van der Waals surface area (Å²) in [6.45, 7) is 3.82. The van der Waals surface area contributed by atoms with Crippen molar-refractivity contribution in [3.8, 4) is 22.5 Å². The van der Waals surface area contributed by atoms with E-state index < -0.39 is 0 Å². The zero-order valence-corrected chi connectivity index (χ0v) is 19.8. The van der Waals surface area contributed by atoms with E-state index in [4.69, 9.17) is 4.98 Å². The molecule has 0 fully saturated rings. The van der Waals surface area contributed by atoms with Crippen molar-refractivity contribution in [2.45, 2.75) is 24.3 Å². The number of pyridine rings is 1. The van der Waals surface area contributed by atoms with Gasteiger partial charge in [-0.15, -0.1) is 0 Å². The summed E-state index contributed by atoms with van der Waals surface area (Å²) in [6.07, 6.45) is 0. The molecule has 6 heteroatoms. The fourth-order valence-corrected chi connectivity index (χ4v) is 4.70. The fourth-order valence-electron chi connectivity index (χ4n) is 3.89. The Kier molecular flexibility index (Phi) is 6.14. The van der Waals surface area contributed by atoms with Crippen LogP contribution in [0.25, 0.3) is 33.4 Å². The molecular formula is C28H24N4OS. The minimum Gasteiger partial charge on any atom is -0.332 e. The lowest BCUT2D eigenvalue weighted by Crippen LogP contribution is -2.22. The number of H-pyrrole nitrogens is 1. The Labute approximate surface area is 202 Å². The highest BCUT2D eigenvalue weighted by Gasteiger charge is 2.20. The lowest BCUT2D eigenvalue weighted by atomic mass is 10.1. The number of amides is 1. The number of thioether (sulfide) groups is 1. The maximum absolute atomic E-state index is 13.1. The van der Waals surface area contributed by atoms with E-state index in [0.717, 1.165) is 44.8 Å². The molecule has 0 aliphatic carbocycles. The number of hydrogen-bond donors (Lipinski definition) is 2. The lowest BCUT2D eigenvalue weighted by Gasteiger charge is -2.13.